The minimum atomic E-state index is -0.208. The van der Waals surface area contributed by atoms with E-state index in [-0.39, 0.29) is 6.04 Å². The molecule has 1 atom stereocenters. The molecule has 146 valence electrons. The van der Waals surface area contributed by atoms with Crippen LogP contribution in [0.2, 0.25) is 0 Å². The molecular formula is C24H20N6. The lowest BCUT2D eigenvalue weighted by Crippen LogP contribution is -2.13. The highest BCUT2D eigenvalue weighted by molar-refractivity contribution is 5.57. The summed E-state index contributed by atoms with van der Waals surface area (Å²) in [5, 5.41) is 17.6. The molecule has 0 spiro atoms. The van der Waals surface area contributed by atoms with E-state index in [9.17, 15) is 0 Å². The number of nitrogens with zero attached hydrogens (tertiary/aromatic N) is 6. The van der Waals surface area contributed by atoms with Gasteiger partial charge >= 0.3 is 0 Å². The van der Waals surface area contributed by atoms with Crippen molar-refractivity contribution >= 4 is 0 Å². The van der Waals surface area contributed by atoms with Crippen molar-refractivity contribution in [2.75, 3.05) is 0 Å². The van der Waals surface area contributed by atoms with Crippen LogP contribution in [0, 0.1) is 0 Å². The second-order valence-corrected chi connectivity index (χ2v) is 7.09. The van der Waals surface area contributed by atoms with Crippen LogP contribution in [-0.4, -0.2) is 30.0 Å². The lowest BCUT2D eigenvalue weighted by atomic mass is 10.0. The molecule has 6 heteroatoms. The van der Waals surface area contributed by atoms with E-state index >= 15 is 0 Å². The van der Waals surface area contributed by atoms with E-state index in [4.69, 9.17) is 0 Å². The maximum Gasteiger partial charge on any atom is 0.124 e. The van der Waals surface area contributed by atoms with Gasteiger partial charge in [-0.3, -0.25) is 0 Å². The molecule has 5 rings (SSSR count). The van der Waals surface area contributed by atoms with E-state index in [1.54, 1.807) is 0 Å². The van der Waals surface area contributed by atoms with Crippen molar-refractivity contribution < 1.29 is 0 Å². The fourth-order valence-electron chi connectivity index (χ4n) is 3.52. The first-order valence-electron chi connectivity index (χ1n) is 9.83. The summed E-state index contributed by atoms with van der Waals surface area (Å²) in [5.41, 5.74) is 4.93. The van der Waals surface area contributed by atoms with Crippen LogP contribution in [0.15, 0.2) is 103 Å². The van der Waals surface area contributed by atoms with Crippen LogP contribution in [0.3, 0.4) is 0 Å². The van der Waals surface area contributed by atoms with Crippen LogP contribution >= 0.6 is 0 Å². The third-order valence-electron chi connectivity index (χ3n) is 4.98. The summed E-state index contributed by atoms with van der Waals surface area (Å²) in [6.07, 6.45) is 3.94. The predicted molar refractivity (Wildman–Crippen MR) is 115 cm³/mol. The third-order valence-corrected chi connectivity index (χ3v) is 4.98. The standard InChI is InChI=1S/C24H20N6/c1-4-10-19(11-5-1)16-29-17-23(26-27-29)24(21-14-8-3-9-15-21)30-18-22(25-28-30)20-12-6-2-7-13-20/h1-15,17-18,24H,16H2. The quantitative estimate of drug-likeness (QED) is 0.434. The van der Waals surface area contributed by atoms with Gasteiger partial charge < -0.3 is 0 Å². The number of hydrogen-bond donors (Lipinski definition) is 0. The Morgan fingerprint density at radius 3 is 2.07 bits per heavy atom. The maximum absolute atomic E-state index is 4.47. The maximum atomic E-state index is 4.47. The van der Waals surface area contributed by atoms with E-state index in [2.05, 4.69) is 44.9 Å². The monoisotopic (exact) mass is 392 g/mol. The number of rotatable bonds is 6. The summed E-state index contributed by atoms with van der Waals surface area (Å²) in [6.45, 7) is 0.669. The summed E-state index contributed by atoms with van der Waals surface area (Å²) >= 11 is 0. The Morgan fingerprint density at radius 1 is 0.667 bits per heavy atom. The Morgan fingerprint density at radius 2 is 1.33 bits per heavy atom. The Bertz CT molecular complexity index is 1210. The van der Waals surface area contributed by atoms with Gasteiger partial charge in [0, 0.05) is 5.56 Å². The van der Waals surface area contributed by atoms with Crippen LogP contribution in [0.1, 0.15) is 22.9 Å². The van der Waals surface area contributed by atoms with Crippen molar-refractivity contribution in [3.8, 4) is 11.3 Å². The molecule has 0 saturated carbocycles. The van der Waals surface area contributed by atoms with Gasteiger partial charge in [0.2, 0.25) is 0 Å². The largest absolute Gasteiger partial charge is 0.248 e. The van der Waals surface area contributed by atoms with Crippen molar-refractivity contribution in [1.29, 1.82) is 0 Å². The van der Waals surface area contributed by atoms with Crippen molar-refractivity contribution in [2.45, 2.75) is 12.6 Å². The molecule has 1 unspecified atom stereocenters. The molecule has 2 heterocycles. The molecule has 3 aromatic carbocycles. The van der Waals surface area contributed by atoms with Gasteiger partial charge in [0.15, 0.2) is 0 Å². The normalized spacial score (nSPS) is 12.0. The molecule has 0 bridgehead atoms. The Kier molecular flexibility index (Phi) is 4.88. The SMILES string of the molecule is c1ccc(Cn2cc(C(c3ccccc3)n3cc(-c4ccccc4)nn3)nn2)cc1. The first-order chi connectivity index (χ1) is 14.9. The molecule has 2 aromatic heterocycles. The van der Waals surface area contributed by atoms with Crippen LogP contribution in [-0.2, 0) is 6.54 Å². The Balaban J connectivity index is 1.50. The summed E-state index contributed by atoms with van der Waals surface area (Å²) in [6, 6.07) is 30.3. The number of benzene rings is 3. The van der Waals surface area contributed by atoms with Gasteiger partial charge in [0.05, 0.1) is 18.9 Å². The van der Waals surface area contributed by atoms with E-state index in [1.807, 2.05) is 88.5 Å². The van der Waals surface area contributed by atoms with Crippen LogP contribution in [0.25, 0.3) is 11.3 Å². The highest BCUT2D eigenvalue weighted by atomic mass is 15.5. The molecule has 0 aliphatic rings. The summed E-state index contributed by atoms with van der Waals surface area (Å²) in [7, 11) is 0. The highest BCUT2D eigenvalue weighted by Crippen LogP contribution is 2.26. The molecule has 0 aliphatic carbocycles. The van der Waals surface area contributed by atoms with Gasteiger partial charge in [-0.15, -0.1) is 10.2 Å². The Labute approximate surface area is 174 Å². The average molecular weight is 392 g/mol. The smallest absolute Gasteiger partial charge is 0.124 e. The molecule has 30 heavy (non-hydrogen) atoms. The van der Waals surface area contributed by atoms with Crippen molar-refractivity contribution in [1.82, 2.24) is 30.0 Å². The molecule has 0 radical (unpaired) electrons. The second kappa shape index (κ2) is 8.13. The van der Waals surface area contributed by atoms with E-state index < -0.39 is 0 Å². The molecule has 0 N–H and O–H groups in total. The zero-order chi connectivity index (χ0) is 20.2. The van der Waals surface area contributed by atoms with E-state index in [0.29, 0.717) is 6.54 Å². The van der Waals surface area contributed by atoms with Crippen LogP contribution in [0.5, 0.6) is 0 Å². The molecule has 0 aliphatic heterocycles. The average Bonchev–Trinajstić information content (AvgIpc) is 3.47. The van der Waals surface area contributed by atoms with Gasteiger partial charge in [-0.05, 0) is 11.1 Å². The van der Waals surface area contributed by atoms with Gasteiger partial charge in [-0.25, -0.2) is 9.36 Å². The minimum Gasteiger partial charge on any atom is -0.248 e. The van der Waals surface area contributed by atoms with Gasteiger partial charge in [-0.1, -0.05) is 101 Å². The number of hydrogen-bond acceptors (Lipinski definition) is 4. The molecule has 0 amide bonds. The fraction of sp³-hybridized carbons (Fsp3) is 0.0833. The topological polar surface area (TPSA) is 61.4 Å². The molecular weight excluding hydrogens is 372 g/mol. The first kappa shape index (κ1) is 18.0. The van der Waals surface area contributed by atoms with E-state index in [0.717, 1.165) is 22.5 Å². The first-order valence-corrected chi connectivity index (χ1v) is 9.83. The Hall–Kier alpha value is -4.06. The van der Waals surface area contributed by atoms with E-state index in [1.165, 1.54) is 5.56 Å². The summed E-state index contributed by atoms with van der Waals surface area (Å²) in [4.78, 5) is 0. The zero-order valence-electron chi connectivity index (χ0n) is 16.3. The highest BCUT2D eigenvalue weighted by Gasteiger charge is 2.22. The van der Waals surface area contributed by atoms with Crippen LogP contribution in [0.4, 0.5) is 0 Å². The van der Waals surface area contributed by atoms with Crippen molar-refractivity contribution in [3.63, 3.8) is 0 Å². The van der Waals surface area contributed by atoms with Crippen molar-refractivity contribution in [3.05, 3.63) is 120 Å². The van der Waals surface area contributed by atoms with Gasteiger partial charge in [-0.2, -0.15) is 0 Å². The van der Waals surface area contributed by atoms with Crippen LogP contribution < -0.4 is 0 Å². The molecule has 6 nitrogen and oxygen atoms in total. The fourth-order valence-corrected chi connectivity index (χ4v) is 3.52. The zero-order valence-corrected chi connectivity index (χ0v) is 16.3. The second-order valence-electron chi connectivity index (χ2n) is 7.09. The summed E-state index contributed by atoms with van der Waals surface area (Å²) in [5.74, 6) is 0. The molecule has 5 aromatic rings. The number of aromatic nitrogens is 6. The lowest BCUT2D eigenvalue weighted by molar-refractivity contribution is 0.558. The third kappa shape index (κ3) is 3.75. The minimum absolute atomic E-state index is 0.208. The summed E-state index contributed by atoms with van der Waals surface area (Å²) < 4.78 is 3.71. The molecule has 0 saturated heterocycles. The molecule has 0 fully saturated rings. The van der Waals surface area contributed by atoms with Gasteiger partial charge in [0.25, 0.3) is 0 Å². The predicted octanol–water partition coefficient (Wildman–Crippen LogP) is 4.22. The van der Waals surface area contributed by atoms with Crippen molar-refractivity contribution in [2.24, 2.45) is 0 Å². The van der Waals surface area contributed by atoms with Gasteiger partial charge in [0.1, 0.15) is 17.4 Å². The lowest BCUT2D eigenvalue weighted by Gasteiger charge is -2.14.